The number of rotatable bonds is 5. The van der Waals surface area contributed by atoms with E-state index in [2.05, 4.69) is 35.9 Å². The minimum atomic E-state index is -0.0993. The van der Waals surface area contributed by atoms with Crippen LogP contribution in [0.25, 0.3) is 11.7 Å². The fraction of sp³-hybridized carbons (Fsp3) is 0.565. The first kappa shape index (κ1) is 21.9. The van der Waals surface area contributed by atoms with Gasteiger partial charge in [0.15, 0.2) is 5.76 Å². The number of oxazole rings is 1. The van der Waals surface area contributed by atoms with E-state index in [1.165, 1.54) is 6.26 Å². The van der Waals surface area contributed by atoms with Gasteiger partial charge in [0.05, 0.1) is 12.3 Å². The minimum Gasteiger partial charge on any atom is -0.459 e. The molecule has 32 heavy (non-hydrogen) atoms. The van der Waals surface area contributed by atoms with Crippen LogP contribution in [0.15, 0.2) is 27.2 Å². The van der Waals surface area contributed by atoms with E-state index in [1.807, 2.05) is 9.80 Å². The highest BCUT2D eigenvalue weighted by molar-refractivity contribution is 5.79. The summed E-state index contributed by atoms with van der Waals surface area (Å²) in [7, 11) is 0. The monoisotopic (exact) mass is 436 g/mol. The Morgan fingerprint density at radius 1 is 1.16 bits per heavy atom. The van der Waals surface area contributed by atoms with Crippen molar-refractivity contribution < 1.29 is 13.6 Å². The molecule has 2 aliphatic rings. The maximum Gasteiger partial charge on any atom is 0.266 e. The normalized spacial score (nSPS) is 19.0. The van der Waals surface area contributed by atoms with E-state index in [1.54, 1.807) is 12.1 Å². The van der Waals surface area contributed by atoms with Crippen molar-refractivity contribution in [2.24, 2.45) is 11.8 Å². The molecule has 2 aliphatic heterocycles. The Balaban J connectivity index is 1.33. The highest BCUT2D eigenvalue weighted by Crippen LogP contribution is 2.31. The van der Waals surface area contributed by atoms with Crippen LogP contribution in [-0.2, 0) is 4.79 Å². The van der Waals surface area contributed by atoms with Crippen molar-refractivity contribution in [1.29, 1.82) is 10.5 Å². The summed E-state index contributed by atoms with van der Waals surface area (Å²) in [5.74, 6) is 1.64. The third kappa shape index (κ3) is 4.35. The van der Waals surface area contributed by atoms with Crippen molar-refractivity contribution >= 4 is 11.8 Å². The average Bonchev–Trinajstić information content (AvgIpc) is 3.49. The molecule has 4 rings (SSSR count). The molecule has 0 aliphatic carbocycles. The maximum absolute atomic E-state index is 13.1. The summed E-state index contributed by atoms with van der Waals surface area (Å²) < 4.78 is 11.2. The molecule has 0 saturated carbocycles. The lowest BCUT2D eigenvalue weighted by molar-refractivity contribution is -0.138. The number of hydrogen-bond donors (Lipinski definition) is 0. The van der Waals surface area contributed by atoms with Crippen molar-refractivity contribution in [3.05, 3.63) is 24.1 Å². The molecule has 2 aromatic heterocycles. The standard InChI is InChI=1S/C23H28N6O3/c1-16(2)19(15-25)27-9-11-28(12-10-27)22(30)17-5-7-29(8-6-17)23-18(14-24)26-21(32-23)20-4-3-13-31-20/h3-4,13,16-17,19H,5-12H2,1-2H3. The van der Waals surface area contributed by atoms with Crippen molar-refractivity contribution in [3.63, 3.8) is 0 Å². The lowest BCUT2D eigenvalue weighted by Gasteiger charge is -2.40. The van der Waals surface area contributed by atoms with Crippen LogP contribution >= 0.6 is 0 Å². The number of nitriles is 2. The first-order valence-corrected chi connectivity index (χ1v) is 11.1. The molecule has 1 atom stereocenters. The Kier molecular flexibility index (Phi) is 6.48. The van der Waals surface area contributed by atoms with Crippen molar-refractivity contribution in [2.75, 3.05) is 44.2 Å². The van der Waals surface area contributed by atoms with Crippen LogP contribution in [0.2, 0.25) is 0 Å². The van der Waals surface area contributed by atoms with Gasteiger partial charge in [-0.3, -0.25) is 9.69 Å². The second-order valence-electron chi connectivity index (χ2n) is 8.70. The molecule has 168 valence electrons. The van der Waals surface area contributed by atoms with Crippen LogP contribution in [0.5, 0.6) is 0 Å². The van der Waals surface area contributed by atoms with Gasteiger partial charge in [-0.05, 0) is 30.9 Å². The summed E-state index contributed by atoms with van der Waals surface area (Å²) in [5, 5.41) is 18.9. The summed E-state index contributed by atoms with van der Waals surface area (Å²) in [5.41, 5.74) is 0.231. The smallest absolute Gasteiger partial charge is 0.266 e. The molecule has 0 aromatic carbocycles. The van der Waals surface area contributed by atoms with Crippen molar-refractivity contribution in [2.45, 2.75) is 32.7 Å². The topological polar surface area (TPSA) is 114 Å². The van der Waals surface area contributed by atoms with Gasteiger partial charge in [0.2, 0.25) is 17.5 Å². The van der Waals surface area contributed by atoms with E-state index >= 15 is 0 Å². The zero-order valence-electron chi connectivity index (χ0n) is 18.5. The first-order chi connectivity index (χ1) is 15.5. The summed E-state index contributed by atoms with van der Waals surface area (Å²) in [4.78, 5) is 23.4. The van der Waals surface area contributed by atoms with Gasteiger partial charge in [-0.25, -0.2) is 0 Å². The molecule has 2 saturated heterocycles. The number of piperidine rings is 1. The molecule has 4 heterocycles. The second kappa shape index (κ2) is 9.46. The first-order valence-electron chi connectivity index (χ1n) is 11.1. The van der Waals surface area contributed by atoms with Gasteiger partial charge >= 0.3 is 0 Å². The van der Waals surface area contributed by atoms with Crippen LogP contribution in [0.1, 0.15) is 32.4 Å². The second-order valence-corrected chi connectivity index (χ2v) is 8.70. The zero-order chi connectivity index (χ0) is 22.7. The summed E-state index contributed by atoms with van der Waals surface area (Å²) in [6.45, 7) is 8.17. The third-order valence-corrected chi connectivity index (χ3v) is 6.36. The zero-order valence-corrected chi connectivity index (χ0v) is 18.5. The van der Waals surface area contributed by atoms with Gasteiger partial charge in [0, 0.05) is 45.2 Å². The number of carbonyl (C=O) groups excluding carboxylic acids is 1. The third-order valence-electron chi connectivity index (χ3n) is 6.36. The fourth-order valence-corrected chi connectivity index (χ4v) is 4.57. The van der Waals surface area contributed by atoms with E-state index < -0.39 is 0 Å². The molecule has 9 heteroatoms. The van der Waals surface area contributed by atoms with E-state index in [9.17, 15) is 15.3 Å². The average molecular weight is 437 g/mol. The molecule has 0 radical (unpaired) electrons. The Morgan fingerprint density at radius 3 is 2.44 bits per heavy atom. The molecule has 0 bridgehead atoms. The molecular weight excluding hydrogens is 408 g/mol. The highest BCUT2D eigenvalue weighted by atomic mass is 16.4. The summed E-state index contributed by atoms with van der Waals surface area (Å²) in [6, 6.07) is 7.87. The number of amides is 1. The lowest BCUT2D eigenvalue weighted by atomic mass is 9.94. The number of anilines is 1. The molecule has 0 spiro atoms. The number of nitrogens with zero attached hydrogens (tertiary/aromatic N) is 6. The molecule has 2 aromatic rings. The van der Waals surface area contributed by atoms with Crippen LogP contribution in [0.3, 0.4) is 0 Å². The lowest BCUT2D eigenvalue weighted by Crippen LogP contribution is -2.54. The van der Waals surface area contributed by atoms with Crippen LogP contribution in [-0.4, -0.2) is 66.0 Å². The quantitative estimate of drug-likeness (QED) is 0.703. The van der Waals surface area contributed by atoms with E-state index in [-0.39, 0.29) is 35.4 Å². The fourth-order valence-electron chi connectivity index (χ4n) is 4.57. The number of piperazine rings is 1. The number of hydrogen-bond acceptors (Lipinski definition) is 8. The van der Waals surface area contributed by atoms with Gasteiger partial charge in [-0.2, -0.15) is 15.5 Å². The maximum atomic E-state index is 13.1. The predicted octanol–water partition coefficient (Wildman–Crippen LogP) is 2.72. The predicted molar refractivity (Wildman–Crippen MR) is 116 cm³/mol. The van der Waals surface area contributed by atoms with E-state index in [0.29, 0.717) is 50.7 Å². The molecule has 0 N–H and O–H groups in total. The summed E-state index contributed by atoms with van der Waals surface area (Å²) in [6.07, 6.45) is 2.94. The molecule has 2 fully saturated rings. The highest BCUT2D eigenvalue weighted by Gasteiger charge is 2.34. The van der Waals surface area contributed by atoms with Gasteiger partial charge in [-0.1, -0.05) is 13.8 Å². The Labute approximate surface area is 187 Å². The summed E-state index contributed by atoms with van der Waals surface area (Å²) >= 11 is 0. The Bertz CT molecular complexity index is 1000. The van der Waals surface area contributed by atoms with Crippen LogP contribution < -0.4 is 4.90 Å². The molecule has 1 unspecified atom stereocenters. The van der Waals surface area contributed by atoms with Gasteiger partial charge in [-0.15, -0.1) is 0 Å². The van der Waals surface area contributed by atoms with E-state index in [4.69, 9.17) is 8.83 Å². The SMILES string of the molecule is CC(C)C(C#N)N1CCN(C(=O)C2CCN(c3oc(-c4ccco4)nc3C#N)CC2)CC1. The number of furan rings is 1. The van der Waals surface area contributed by atoms with Crippen LogP contribution in [0.4, 0.5) is 5.88 Å². The molecule has 9 nitrogen and oxygen atoms in total. The minimum absolute atomic E-state index is 0.0346. The van der Waals surface area contributed by atoms with Gasteiger partial charge in [0.1, 0.15) is 12.1 Å². The molecule has 1 amide bonds. The molecular formula is C23H28N6O3. The number of carbonyl (C=O) groups is 1. The van der Waals surface area contributed by atoms with Crippen molar-refractivity contribution in [1.82, 2.24) is 14.8 Å². The van der Waals surface area contributed by atoms with E-state index in [0.717, 1.165) is 13.1 Å². The Hall–Kier alpha value is -3.30. The van der Waals surface area contributed by atoms with Gasteiger partial charge < -0.3 is 18.6 Å². The van der Waals surface area contributed by atoms with Gasteiger partial charge in [0.25, 0.3) is 5.89 Å². The largest absolute Gasteiger partial charge is 0.459 e. The van der Waals surface area contributed by atoms with Crippen LogP contribution in [0, 0.1) is 34.5 Å². The van der Waals surface area contributed by atoms with Crippen molar-refractivity contribution in [3.8, 4) is 23.8 Å². The Morgan fingerprint density at radius 2 is 1.88 bits per heavy atom. The number of aromatic nitrogens is 1.